The summed E-state index contributed by atoms with van der Waals surface area (Å²) in [6, 6.07) is 10.1. The number of hydrogen-bond acceptors (Lipinski definition) is 4. The number of hydrogen-bond donors (Lipinski definition) is 2. The molecule has 2 aliphatic rings. The van der Waals surface area contributed by atoms with E-state index in [0.717, 1.165) is 5.69 Å². The van der Waals surface area contributed by atoms with Gasteiger partial charge in [-0.2, -0.15) is 0 Å². The van der Waals surface area contributed by atoms with Crippen LogP contribution in [0.15, 0.2) is 48.7 Å². The number of amides is 1. The predicted octanol–water partition coefficient (Wildman–Crippen LogP) is 2.27. The zero-order chi connectivity index (χ0) is 16.7. The van der Waals surface area contributed by atoms with Gasteiger partial charge >= 0.3 is 0 Å². The molecule has 2 unspecified atom stereocenters. The number of nitrogens with one attached hydrogen (secondary N) is 2. The number of pyridine rings is 1. The van der Waals surface area contributed by atoms with Crippen molar-refractivity contribution in [2.45, 2.75) is 12.1 Å². The maximum absolute atomic E-state index is 14.2. The molecular weight excluding hydrogens is 331 g/mol. The maximum atomic E-state index is 14.2. The van der Waals surface area contributed by atoms with Gasteiger partial charge in [0.25, 0.3) is 5.91 Å². The van der Waals surface area contributed by atoms with E-state index in [1.165, 1.54) is 17.2 Å². The van der Waals surface area contributed by atoms with Crippen LogP contribution in [0.25, 0.3) is 5.70 Å². The first-order valence-electron chi connectivity index (χ1n) is 7.55. The highest BCUT2D eigenvalue weighted by Gasteiger charge is 2.41. The molecular formula is C17H14ClFN4O. The fourth-order valence-corrected chi connectivity index (χ4v) is 3.24. The maximum Gasteiger partial charge on any atom is 0.264 e. The van der Waals surface area contributed by atoms with Gasteiger partial charge in [-0.25, -0.2) is 9.82 Å². The van der Waals surface area contributed by atoms with Gasteiger partial charge in [-0.05, 0) is 30.3 Å². The molecule has 24 heavy (non-hydrogen) atoms. The molecule has 4 rings (SSSR count). The minimum Gasteiger partial charge on any atom is -0.363 e. The molecule has 1 saturated heterocycles. The first-order chi connectivity index (χ1) is 11.6. The van der Waals surface area contributed by atoms with Gasteiger partial charge in [0.1, 0.15) is 12.0 Å². The standard InChI is InChI=1S/C17H14ClFN4O/c18-10-4-5-11(13(19)7-10)15-8-16(24)23-17(22-15)12(9-21-23)14-3-1-2-6-20-14/h1-8,12,17,21-22H,9H2. The Bertz CT molecular complexity index is 827. The Morgan fingerprint density at radius 1 is 1.29 bits per heavy atom. The van der Waals surface area contributed by atoms with Crippen molar-refractivity contribution in [3.63, 3.8) is 0 Å². The SMILES string of the molecule is O=C1C=C(c2ccc(Cl)cc2F)NC2C(c3ccccn3)CNN12. The van der Waals surface area contributed by atoms with E-state index < -0.39 is 5.82 Å². The summed E-state index contributed by atoms with van der Waals surface area (Å²) >= 11 is 5.80. The molecule has 0 radical (unpaired) electrons. The lowest BCUT2D eigenvalue weighted by molar-refractivity contribution is -0.130. The molecule has 2 aromatic rings. The van der Waals surface area contributed by atoms with Crippen LogP contribution < -0.4 is 10.7 Å². The van der Waals surface area contributed by atoms with Crippen molar-refractivity contribution in [1.29, 1.82) is 0 Å². The molecule has 0 spiro atoms. The Morgan fingerprint density at radius 3 is 2.92 bits per heavy atom. The summed E-state index contributed by atoms with van der Waals surface area (Å²) in [7, 11) is 0. The largest absolute Gasteiger partial charge is 0.363 e. The van der Waals surface area contributed by atoms with Gasteiger partial charge in [-0.1, -0.05) is 17.7 Å². The molecule has 2 aliphatic heterocycles. The Kier molecular flexibility index (Phi) is 3.70. The minimum absolute atomic E-state index is 0.0331. The second kappa shape index (κ2) is 5.89. The Labute approximate surface area is 143 Å². The zero-order valence-electron chi connectivity index (χ0n) is 12.5. The highest BCUT2D eigenvalue weighted by Crippen LogP contribution is 2.30. The molecule has 2 atom stereocenters. The summed E-state index contributed by atoms with van der Waals surface area (Å²) in [5.74, 6) is -0.724. The van der Waals surface area contributed by atoms with Gasteiger partial charge in [-0.3, -0.25) is 14.8 Å². The average molecular weight is 345 g/mol. The number of carbonyl (C=O) groups is 1. The molecule has 1 aromatic carbocycles. The number of halogens is 2. The first kappa shape index (κ1) is 15.1. The van der Waals surface area contributed by atoms with Crippen LogP contribution >= 0.6 is 11.6 Å². The van der Waals surface area contributed by atoms with Gasteiger partial charge in [0.05, 0.1) is 11.6 Å². The van der Waals surface area contributed by atoms with Crippen molar-refractivity contribution in [1.82, 2.24) is 20.7 Å². The molecule has 122 valence electrons. The van der Waals surface area contributed by atoms with Crippen LogP contribution in [0.2, 0.25) is 5.02 Å². The second-order valence-electron chi connectivity index (χ2n) is 5.70. The monoisotopic (exact) mass is 344 g/mol. The van der Waals surface area contributed by atoms with E-state index in [1.54, 1.807) is 18.3 Å². The molecule has 2 N–H and O–H groups in total. The van der Waals surface area contributed by atoms with E-state index in [0.29, 0.717) is 22.8 Å². The minimum atomic E-state index is -0.470. The third-order valence-corrected chi connectivity index (χ3v) is 4.47. The summed E-state index contributed by atoms with van der Waals surface area (Å²) in [5, 5.41) is 5.09. The van der Waals surface area contributed by atoms with E-state index in [9.17, 15) is 9.18 Å². The van der Waals surface area contributed by atoms with Gasteiger partial charge in [0.15, 0.2) is 0 Å². The third kappa shape index (κ3) is 2.53. The van der Waals surface area contributed by atoms with Gasteiger partial charge in [-0.15, -0.1) is 0 Å². The molecule has 0 saturated carbocycles. The van der Waals surface area contributed by atoms with Crippen molar-refractivity contribution >= 4 is 23.2 Å². The molecule has 1 fully saturated rings. The number of benzene rings is 1. The average Bonchev–Trinajstić information content (AvgIpc) is 3.00. The molecule has 5 nitrogen and oxygen atoms in total. The van der Waals surface area contributed by atoms with Crippen LogP contribution in [0.5, 0.6) is 0 Å². The highest BCUT2D eigenvalue weighted by molar-refractivity contribution is 6.30. The quantitative estimate of drug-likeness (QED) is 0.877. The summed E-state index contributed by atoms with van der Waals surface area (Å²) in [6.07, 6.45) is 2.77. The fourth-order valence-electron chi connectivity index (χ4n) is 3.09. The summed E-state index contributed by atoms with van der Waals surface area (Å²) in [4.78, 5) is 16.8. The third-order valence-electron chi connectivity index (χ3n) is 4.24. The fraction of sp³-hybridized carbons (Fsp3) is 0.176. The van der Waals surface area contributed by atoms with Crippen molar-refractivity contribution < 1.29 is 9.18 Å². The van der Waals surface area contributed by atoms with E-state index in [1.807, 2.05) is 18.2 Å². The molecule has 0 aliphatic carbocycles. The van der Waals surface area contributed by atoms with Crippen LogP contribution in [0.1, 0.15) is 17.2 Å². The lowest BCUT2D eigenvalue weighted by Crippen LogP contribution is -2.52. The van der Waals surface area contributed by atoms with E-state index in [4.69, 9.17) is 11.6 Å². The predicted molar refractivity (Wildman–Crippen MR) is 88.1 cm³/mol. The zero-order valence-corrected chi connectivity index (χ0v) is 13.3. The Hall–Kier alpha value is -2.44. The molecule has 0 bridgehead atoms. The lowest BCUT2D eigenvalue weighted by Gasteiger charge is -2.33. The van der Waals surface area contributed by atoms with E-state index >= 15 is 0 Å². The van der Waals surface area contributed by atoms with Crippen molar-refractivity contribution in [2.24, 2.45) is 0 Å². The number of aromatic nitrogens is 1. The van der Waals surface area contributed by atoms with Crippen LogP contribution in [0.3, 0.4) is 0 Å². The van der Waals surface area contributed by atoms with Crippen LogP contribution in [0.4, 0.5) is 4.39 Å². The molecule has 7 heteroatoms. The number of rotatable bonds is 2. The highest BCUT2D eigenvalue weighted by atomic mass is 35.5. The normalized spacial score (nSPS) is 22.8. The molecule has 1 aromatic heterocycles. The van der Waals surface area contributed by atoms with Crippen molar-refractivity contribution in [3.8, 4) is 0 Å². The Balaban J connectivity index is 1.68. The number of carbonyl (C=O) groups excluding carboxylic acids is 1. The van der Waals surface area contributed by atoms with Gasteiger partial charge in [0.2, 0.25) is 0 Å². The number of nitrogens with zero attached hydrogens (tertiary/aromatic N) is 2. The topological polar surface area (TPSA) is 57.3 Å². The van der Waals surface area contributed by atoms with E-state index in [-0.39, 0.29) is 18.0 Å². The second-order valence-corrected chi connectivity index (χ2v) is 6.14. The van der Waals surface area contributed by atoms with Crippen LogP contribution in [-0.4, -0.2) is 28.6 Å². The van der Waals surface area contributed by atoms with Gasteiger partial charge in [0, 0.05) is 35.1 Å². The summed E-state index contributed by atoms with van der Waals surface area (Å²) in [5.41, 5.74) is 4.71. The molecule has 3 heterocycles. The van der Waals surface area contributed by atoms with E-state index in [2.05, 4.69) is 15.7 Å². The molecule has 1 amide bonds. The number of fused-ring (bicyclic) bond motifs is 1. The number of hydrazine groups is 1. The van der Waals surface area contributed by atoms with Crippen molar-refractivity contribution in [2.75, 3.05) is 6.54 Å². The summed E-state index contributed by atoms with van der Waals surface area (Å²) in [6.45, 7) is 0.574. The van der Waals surface area contributed by atoms with Crippen molar-refractivity contribution in [3.05, 3.63) is 70.8 Å². The van der Waals surface area contributed by atoms with Crippen LogP contribution in [0, 0.1) is 5.82 Å². The van der Waals surface area contributed by atoms with Crippen LogP contribution in [-0.2, 0) is 4.79 Å². The smallest absolute Gasteiger partial charge is 0.264 e. The Morgan fingerprint density at radius 2 is 2.17 bits per heavy atom. The first-order valence-corrected chi connectivity index (χ1v) is 7.92. The lowest BCUT2D eigenvalue weighted by atomic mass is 9.99. The van der Waals surface area contributed by atoms with Gasteiger partial charge < -0.3 is 5.32 Å². The summed E-state index contributed by atoms with van der Waals surface area (Å²) < 4.78 is 14.2.